The predicted molar refractivity (Wildman–Crippen MR) is 68.1 cm³/mol. The Morgan fingerprint density at radius 3 is 3.17 bits per heavy atom. The summed E-state index contributed by atoms with van der Waals surface area (Å²) in [6.45, 7) is 2.72. The van der Waals surface area contributed by atoms with Crippen molar-refractivity contribution in [2.45, 2.75) is 32.7 Å². The number of anilines is 1. The minimum Gasteiger partial charge on any atom is -0.337 e. The van der Waals surface area contributed by atoms with E-state index >= 15 is 0 Å². The molecule has 0 unspecified atom stereocenters. The molecule has 0 saturated carbocycles. The van der Waals surface area contributed by atoms with Crippen molar-refractivity contribution in [2.75, 3.05) is 5.32 Å². The first-order chi connectivity index (χ1) is 8.78. The summed E-state index contributed by atoms with van der Waals surface area (Å²) in [5.74, 6) is 0.548. The number of aryl methyl sites for hydroxylation is 2. The van der Waals surface area contributed by atoms with Gasteiger partial charge in [-0.25, -0.2) is 4.98 Å². The minimum absolute atomic E-state index is 0.0433. The van der Waals surface area contributed by atoms with E-state index in [9.17, 15) is 4.79 Å². The number of amides is 1. The van der Waals surface area contributed by atoms with Crippen LogP contribution in [0.4, 0.5) is 5.82 Å². The second-order valence-electron chi connectivity index (χ2n) is 4.13. The maximum atomic E-state index is 11.7. The Morgan fingerprint density at radius 1 is 1.56 bits per heavy atom. The summed E-state index contributed by atoms with van der Waals surface area (Å²) >= 11 is 0. The van der Waals surface area contributed by atoms with E-state index in [1.165, 1.54) is 0 Å². The van der Waals surface area contributed by atoms with Crippen LogP contribution in [0.2, 0.25) is 0 Å². The van der Waals surface area contributed by atoms with Gasteiger partial charge in [0.25, 0.3) is 0 Å². The van der Waals surface area contributed by atoms with E-state index < -0.39 is 0 Å². The first kappa shape index (κ1) is 12.3. The highest BCUT2D eigenvalue weighted by molar-refractivity contribution is 5.89. The van der Waals surface area contributed by atoms with E-state index in [0.717, 1.165) is 18.5 Å². The molecule has 0 radical (unpaired) electrons. The van der Waals surface area contributed by atoms with Gasteiger partial charge in [0.05, 0.1) is 6.33 Å². The molecule has 2 aromatic rings. The van der Waals surface area contributed by atoms with Crippen molar-refractivity contribution in [3.8, 4) is 0 Å². The number of nitrogens with zero attached hydrogens (tertiary/aromatic N) is 3. The third kappa shape index (κ3) is 3.44. The molecule has 0 fully saturated rings. The zero-order chi connectivity index (χ0) is 12.8. The van der Waals surface area contributed by atoms with Crippen LogP contribution in [0.25, 0.3) is 0 Å². The Hall–Kier alpha value is -2.11. The van der Waals surface area contributed by atoms with Crippen molar-refractivity contribution < 1.29 is 4.79 Å². The van der Waals surface area contributed by atoms with Gasteiger partial charge in [0.15, 0.2) is 5.82 Å². The topological polar surface area (TPSA) is 75.6 Å². The van der Waals surface area contributed by atoms with Gasteiger partial charge in [-0.05, 0) is 6.42 Å². The molecule has 2 rings (SSSR count). The fourth-order valence-corrected chi connectivity index (χ4v) is 1.68. The van der Waals surface area contributed by atoms with Gasteiger partial charge in [0, 0.05) is 37.1 Å². The highest BCUT2D eigenvalue weighted by Gasteiger charge is 2.05. The normalized spacial score (nSPS) is 10.5. The number of hydrogen-bond donors (Lipinski definition) is 2. The average Bonchev–Trinajstić information content (AvgIpc) is 2.99. The number of H-pyrrole nitrogens is 1. The zero-order valence-corrected chi connectivity index (χ0v) is 10.4. The summed E-state index contributed by atoms with van der Waals surface area (Å²) in [5.41, 5.74) is 1.04. The molecular weight excluding hydrogens is 230 g/mol. The Labute approximate surface area is 105 Å². The zero-order valence-electron chi connectivity index (χ0n) is 10.4. The van der Waals surface area contributed by atoms with Crippen LogP contribution in [0, 0.1) is 0 Å². The average molecular weight is 247 g/mol. The number of carbonyl (C=O) groups is 1. The van der Waals surface area contributed by atoms with Crippen molar-refractivity contribution in [3.05, 3.63) is 30.5 Å². The van der Waals surface area contributed by atoms with E-state index in [-0.39, 0.29) is 5.91 Å². The molecule has 0 aliphatic carbocycles. The lowest BCUT2D eigenvalue weighted by atomic mass is 10.2. The number of aromatic amines is 1. The summed E-state index contributed by atoms with van der Waals surface area (Å²) in [4.78, 5) is 15.6. The molecule has 2 aromatic heterocycles. The van der Waals surface area contributed by atoms with E-state index in [0.29, 0.717) is 18.8 Å². The third-order valence-electron chi connectivity index (χ3n) is 2.57. The van der Waals surface area contributed by atoms with Gasteiger partial charge in [-0.15, -0.1) is 0 Å². The molecule has 18 heavy (non-hydrogen) atoms. The number of rotatable bonds is 6. The summed E-state index contributed by atoms with van der Waals surface area (Å²) < 4.78 is 1.87. The Balaban J connectivity index is 1.79. The van der Waals surface area contributed by atoms with E-state index in [1.807, 2.05) is 16.8 Å². The number of nitrogens with one attached hydrogen (secondary N) is 2. The number of imidazole rings is 1. The summed E-state index contributed by atoms with van der Waals surface area (Å²) in [6.07, 6.45) is 7.63. The molecule has 2 N–H and O–H groups in total. The summed E-state index contributed by atoms with van der Waals surface area (Å²) in [5, 5.41) is 9.71. The largest absolute Gasteiger partial charge is 0.337 e. The highest BCUT2D eigenvalue weighted by atomic mass is 16.1. The first-order valence-corrected chi connectivity index (χ1v) is 6.08. The van der Waals surface area contributed by atoms with Gasteiger partial charge in [0.1, 0.15) is 0 Å². The monoisotopic (exact) mass is 247 g/mol. The first-order valence-electron chi connectivity index (χ1n) is 6.08. The van der Waals surface area contributed by atoms with Gasteiger partial charge in [-0.1, -0.05) is 13.3 Å². The third-order valence-corrected chi connectivity index (χ3v) is 2.57. The van der Waals surface area contributed by atoms with Crippen molar-refractivity contribution in [1.29, 1.82) is 0 Å². The van der Waals surface area contributed by atoms with Crippen LogP contribution in [0.15, 0.2) is 24.8 Å². The Bertz CT molecular complexity index is 488. The number of aromatic nitrogens is 4. The molecule has 0 atom stereocenters. The van der Waals surface area contributed by atoms with Crippen molar-refractivity contribution >= 4 is 11.7 Å². The van der Waals surface area contributed by atoms with E-state index in [2.05, 4.69) is 27.4 Å². The lowest BCUT2D eigenvalue weighted by Crippen LogP contribution is -2.14. The summed E-state index contributed by atoms with van der Waals surface area (Å²) in [6, 6.07) is 1.87. The molecular formula is C12H17N5O. The molecule has 6 heteroatoms. The van der Waals surface area contributed by atoms with Gasteiger partial charge in [-0.3, -0.25) is 9.89 Å². The molecule has 0 aliphatic rings. The molecule has 0 spiro atoms. The molecule has 0 saturated heterocycles. The molecule has 0 aromatic carbocycles. The van der Waals surface area contributed by atoms with Gasteiger partial charge in [-0.2, -0.15) is 5.10 Å². The lowest BCUT2D eigenvalue weighted by Gasteiger charge is -2.02. The molecule has 0 bridgehead atoms. The predicted octanol–water partition coefficient (Wildman–Crippen LogP) is 1.59. The molecule has 2 heterocycles. The van der Waals surface area contributed by atoms with E-state index in [4.69, 9.17) is 0 Å². The lowest BCUT2D eigenvalue weighted by molar-refractivity contribution is -0.116. The van der Waals surface area contributed by atoms with Crippen molar-refractivity contribution in [2.24, 2.45) is 0 Å². The maximum Gasteiger partial charge on any atom is 0.227 e. The summed E-state index contributed by atoms with van der Waals surface area (Å²) in [7, 11) is 0. The van der Waals surface area contributed by atoms with Crippen LogP contribution >= 0.6 is 0 Å². The Kier molecular flexibility index (Phi) is 4.11. The van der Waals surface area contributed by atoms with Crippen molar-refractivity contribution in [1.82, 2.24) is 19.7 Å². The number of hydrogen-bond acceptors (Lipinski definition) is 3. The SMILES string of the molecule is CCCc1cc(NC(=O)CCn2ccnc2)n[nH]1. The van der Waals surface area contributed by atoms with Crippen LogP contribution in [-0.4, -0.2) is 25.7 Å². The molecule has 96 valence electrons. The van der Waals surface area contributed by atoms with Crippen LogP contribution in [-0.2, 0) is 17.8 Å². The second-order valence-corrected chi connectivity index (χ2v) is 4.13. The molecule has 0 aliphatic heterocycles. The van der Waals surface area contributed by atoms with Crippen LogP contribution in [0.3, 0.4) is 0 Å². The highest BCUT2D eigenvalue weighted by Crippen LogP contribution is 2.07. The van der Waals surface area contributed by atoms with Crippen LogP contribution in [0.5, 0.6) is 0 Å². The maximum absolute atomic E-state index is 11.7. The Morgan fingerprint density at radius 2 is 2.44 bits per heavy atom. The fourth-order valence-electron chi connectivity index (χ4n) is 1.68. The fraction of sp³-hybridized carbons (Fsp3) is 0.417. The van der Waals surface area contributed by atoms with Crippen LogP contribution in [0.1, 0.15) is 25.5 Å². The van der Waals surface area contributed by atoms with Gasteiger partial charge >= 0.3 is 0 Å². The standard InChI is InChI=1S/C12H17N5O/c1-2-3-10-8-11(16-15-10)14-12(18)4-6-17-7-5-13-9-17/h5,7-9H,2-4,6H2,1H3,(H2,14,15,16,18). The van der Waals surface area contributed by atoms with E-state index in [1.54, 1.807) is 12.5 Å². The minimum atomic E-state index is -0.0433. The van der Waals surface area contributed by atoms with Crippen molar-refractivity contribution in [3.63, 3.8) is 0 Å². The smallest absolute Gasteiger partial charge is 0.227 e. The van der Waals surface area contributed by atoms with Gasteiger partial charge in [0.2, 0.25) is 5.91 Å². The molecule has 1 amide bonds. The number of carbonyl (C=O) groups excluding carboxylic acids is 1. The van der Waals surface area contributed by atoms with Crippen LogP contribution < -0.4 is 5.32 Å². The molecule has 6 nitrogen and oxygen atoms in total. The quantitative estimate of drug-likeness (QED) is 0.813. The van der Waals surface area contributed by atoms with Gasteiger partial charge < -0.3 is 9.88 Å². The second kappa shape index (κ2) is 6.00.